The first-order chi connectivity index (χ1) is 11.6. The Balaban J connectivity index is 1.58. The van der Waals surface area contributed by atoms with Gasteiger partial charge in [-0.05, 0) is 36.8 Å². The van der Waals surface area contributed by atoms with Crippen LogP contribution in [0.4, 0.5) is 0 Å². The third-order valence-corrected chi connectivity index (χ3v) is 4.25. The second-order valence-corrected chi connectivity index (χ2v) is 6.23. The first-order valence-electron chi connectivity index (χ1n) is 7.44. The number of rotatable bonds is 6. The summed E-state index contributed by atoms with van der Waals surface area (Å²) >= 11 is 3.29. The molecule has 1 aliphatic rings. The number of carbonyl (C=O) groups is 3. The monoisotopic (exact) mass is 387 g/mol. The molecule has 2 amide bonds. The quantitative estimate of drug-likeness (QED) is 0.433. The van der Waals surface area contributed by atoms with Gasteiger partial charge in [0.25, 0.3) is 11.8 Å². The standard InChI is InChI=1S/C18H14BrNO4/c19-13-6-7-16(12(10-13)11-21)24-9-3-8-20-17(22)14-4-1-2-5-15(14)18(20)23/h1-2,4-7,10-11H,3,8-9H2. The van der Waals surface area contributed by atoms with Crippen LogP contribution < -0.4 is 4.74 Å². The third kappa shape index (κ3) is 3.10. The molecule has 1 heterocycles. The molecule has 0 radical (unpaired) electrons. The molecular formula is C18H14BrNO4. The highest BCUT2D eigenvalue weighted by Crippen LogP contribution is 2.24. The minimum atomic E-state index is -0.271. The molecule has 0 saturated heterocycles. The van der Waals surface area contributed by atoms with E-state index in [1.54, 1.807) is 42.5 Å². The minimum Gasteiger partial charge on any atom is -0.493 e. The van der Waals surface area contributed by atoms with Gasteiger partial charge in [-0.25, -0.2) is 0 Å². The van der Waals surface area contributed by atoms with E-state index in [1.165, 1.54) is 4.90 Å². The zero-order valence-corrected chi connectivity index (χ0v) is 14.3. The number of ether oxygens (including phenoxy) is 1. The van der Waals surface area contributed by atoms with Crippen molar-refractivity contribution in [3.8, 4) is 5.75 Å². The van der Waals surface area contributed by atoms with Crippen molar-refractivity contribution in [2.24, 2.45) is 0 Å². The molecule has 0 saturated carbocycles. The molecule has 0 aromatic heterocycles. The molecule has 24 heavy (non-hydrogen) atoms. The van der Waals surface area contributed by atoms with Crippen molar-refractivity contribution in [2.45, 2.75) is 6.42 Å². The number of halogens is 1. The van der Waals surface area contributed by atoms with Crippen molar-refractivity contribution in [1.29, 1.82) is 0 Å². The predicted octanol–water partition coefficient (Wildman–Crippen LogP) is 3.33. The van der Waals surface area contributed by atoms with Crippen LogP contribution in [0.15, 0.2) is 46.9 Å². The Morgan fingerprint density at radius 1 is 1.04 bits per heavy atom. The Morgan fingerprint density at radius 3 is 2.33 bits per heavy atom. The van der Waals surface area contributed by atoms with Gasteiger partial charge in [0.2, 0.25) is 0 Å². The van der Waals surface area contributed by atoms with Gasteiger partial charge in [-0.15, -0.1) is 0 Å². The second kappa shape index (κ2) is 6.97. The molecule has 6 heteroatoms. The molecule has 2 aromatic carbocycles. The lowest BCUT2D eigenvalue weighted by Gasteiger charge is -2.14. The van der Waals surface area contributed by atoms with Crippen LogP contribution in [0.5, 0.6) is 5.75 Å². The molecule has 1 aliphatic heterocycles. The van der Waals surface area contributed by atoms with Crippen molar-refractivity contribution >= 4 is 34.0 Å². The third-order valence-electron chi connectivity index (χ3n) is 3.76. The zero-order chi connectivity index (χ0) is 17.1. The molecular weight excluding hydrogens is 374 g/mol. The van der Waals surface area contributed by atoms with Gasteiger partial charge in [-0.1, -0.05) is 28.1 Å². The van der Waals surface area contributed by atoms with Gasteiger partial charge >= 0.3 is 0 Å². The van der Waals surface area contributed by atoms with Crippen molar-refractivity contribution < 1.29 is 19.1 Å². The highest BCUT2D eigenvalue weighted by Gasteiger charge is 2.34. The number of nitrogens with zero attached hydrogens (tertiary/aromatic N) is 1. The zero-order valence-electron chi connectivity index (χ0n) is 12.7. The Bertz CT molecular complexity index is 783. The molecule has 0 fully saturated rings. The largest absolute Gasteiger partial charge is 0.493 e. The van der Waals surface area contributed by atoms with E-state index < -0.39 is 0 Å². The molecule has 0 bridgehead atoms. The van der Waals surface area contributed by atoms with Gasteiger partial charge < -0.3 is 4.74 Å². The van der Waals surface area contributed by atoms with E-state index in [2.05, 4.69) is 15.9 Å². The van der Waals surface area contributed by atoms with Crippen LogP contribution in [-0.2, 0) is 0 Å². The van der Waals surface area contributed by atoms with E-state index in [9.17, 15) is 14.4 Å². The number of amides is 2. The average molecular weight is 388 g/mol. The van der Waals surface area contributed by atoms with Crippen molar-refractivity contribution in [3.05, 3.63) is 63.6 Å². The van der Waals surface area contributed by atoms with Gasteiger partial charge in [0.15, 0.2) is 6.29 Å². The van der Waals surface area contributed by atoms with Crippen molar-refractivity contribution in [2.75, 3.05) is 13.2 Å². The van der Waals surface area contributed by atoms with Crippen LogP contribution in [0.2, 0.25) is 0 Å². The van der Waals surface area contributed by atoms with Crippen LogP contribution in [-0.4, -0.2) is 36.2 Å². The summed E-state index contributed by atoms with van der Waals surface area (Å²) in [6.45, 7) is 0.579. The topological polar surface area (TPSA) is 63.7 Å². The van der Waals surface area contributed by atoms with E-state index in [0.717, 1.165) is 10.8 Å². The van der Waals surface area contributed by atoms with Crippen LogP contribution in [0.3, 0.4) is 0 Å². The van der Waals surface area contributed by atoms with Crippen LogP contribution in [0.25, 0.3) is 0 Å². The molecule has 0 aliphatic carbocycles. The SMILES string of the molecule is O=Cc1cc(Br)ccc1OCCCN1C(=O)c2ccccc2C1=O. The maximum absolute atomic E-state index is 12.2. The Labute approximate surface area is 147 Å². The average Bonchev–Trinajstić information content (AvgIpc) is 2.84. The lowest BCUT2D eigenvalue weighted by molar-refractivity contribution is 0.0646. The van der Waals surface area contributed by atoms with E-state index in [0.29, 0.717) is 35.5 Å². The molecule has 5 nitrogen and oxygen atoms in total. The second-order valence-electron chi connectivity index (χ2n) is 5.31. The molecule has 0 N–H and O–H groups in total. The van der Waals surface area contributed by atoms with E-state index in [-0.39, 0.29) is 18.4 Å². The maximum atomic E-state index is 12.2. The maximum Gasteiger partial charge on any atom is 0.261 e. The predicted molar refractivity (Wildman–Crippen MR) is 91.5 cm³/mol. The molecule has 2 aromatic rings. The van der Waals surface area contributed by atoms with Crippen molar-refractivity contribution in [1.82, 2.24) is 4.90 Å². The van der Waals surface area contributed by atoms with E-state index in [4.69, 9.17) is 4.74 Å². The number of hydrogen-bond donors (Lipinski definition) is 0. The summed E-state index contributed by atoms with van der Waals surface area (Å²) in [5.74, 6) is -0.0591. The summed E-state index contributed by atoms with van der Waals surface area (Å²) in [5, 5.41) is 0. The molecule has 0 unspecified atom stereocenters. The fraction of sp³-hybridized carbons (Fsp3) is 0.167. The summed E-state index contributed by atoms with van der Waals surface area (Å²) in [5.41, 5.74) is 1.34. The lowest BCUT2D eigenvalue weighted by Crippen LogP contribution is -2.31. The lowest BCUT2D eigenvalue weighted by atomic mass is 10.1. The number of fused-ring (bicyclic) bond motifs is 1. The highest BCUT2D eigenvalue weighted by atomic mass is 79.9. The Hall–Kier alpha value is -2.47. The van der Waals surface area contributed by atoms with Crippen LogP contribution >= 0.6 is 15.9 Å². The Morgan fingerprint density at radius 2 is 1.71 bits per heavy atom. The fourth-order valence-electron chi connectivity index (χ4n) is 2.59. The summed E-state index contributed by atoms with van der Waals surface area (Å²) in [6, 6.07) is 12.0. The fourth-order valence-corrected chi connectivity index (χ4v) is 2.97. The summed E-state index contributed by atoms with van der Waals surface area (Å²) in [7, 11) is 0. The van der Waals surface area contributed by atoms with Gasteiger partial charge in [0, 0.05) is 11.0 Å². The number of aldehydes is 1. The number of hydrogen-bond acceptors (Lipinski definition) is 4. The first kappa shape index (κ1) is 16.4. The van der Waals surface area contributed by atoms with Crippen LogP contribution in [0.1, 0.15) is 37.5 Å². The summed E-state index contributed by atoms with van der Waals surface area (Å²) in [4.78, 5) is 36.7. The van der Waals surface area contributed by atoms with E-state index >= 15 is 0 Å². The van der Waals surface area contributed by atoms with Crippen LogP contribution in [0, 0.1) is 0 Å². The van der Waals surface area contributed by atoms with Gasteiger partial charge in [-0.3, -0.25) is 19.3 Å². The highest BCUT2D eigenvalue weighted by molar-refractivity contribution is 9.10. The molecule has 3 rings (SSSR count). The van der Waals surface area contributed by atoms with Gasteiger partial charge in [-0.2, -0.15) is 0 Å². The smallest absolute Gasteiger partial charge is 0.261 e. The first-order valence-corrected chi connectivity index (χ1v) is 8.24. The summed E-state index contributed by atoms with van der Waals surface area (Å²) in [6.07, 6.45) is 1.21. The number of benzene rings is 2. The number of carbonyl (C=O) groups excluding carboxylic acids is 3. The summed E-state index contributed by atoms with van der Waals surface area (Å²) < 4.78 is 6.38. The van der Waals surface area contributed by atoms with Gasteiger partial charge in [0.1, 0.15) is 5.75 Å². The van der Waals surface area contributed by atoms with E-state index in [1.807, 2.05) is 0 Å². The minimum absolute atomic E-state index is 0.271. The van der Waals surface area contributed by atoms with Gasteiger partial charge in [0.05, 0.1) is 23.3 Å². The Kier molecular flexibility index (Phi) is 4.76. The molecule has 0 spiro atoms. The number of imide groups is 1. The molecule has 0 atom stereocenters. The molecule has 122 valence electrons. The van der Waals surface area contributed by atoms with Crippen molar-refractivity contribution in [3.63, 3.8) is 0 Å². The normalized spacial score (nSPS) is 13.1.